The van der Waals surface area contributed by atoms with E-state index < -0.39 is 36.2 Å². The molecule has 0 spiro atoms. The van der Waals surface area contributed by atoms with Crippen LogP contribution in [0.25, 0.3) is 0 Å². The molecule has 0 saturated heterocycles. The first-order valence-corrected chi connectivity index (χ1v) is 19.1. The van der Waals surface area contributed by atoms with Gasteiger partial charge in [0.05, 0.1) is 39.8 Å². The lowest BCUT2D eigenvalue weighted by Crippen LogP contribution is -2.57. The largest absolute Gasteiger partial charge is 0.444 e. The summed E-state index contributed by atoms with van der Waals surface area (Å²) in [5, 5.41) is 23.7. The number of carbonyl (C=O) groups is 3. The van der Waals surface area contributed by atoms with E-state index in [0.29, 0.717) is 31.8 Å². The van der Waals surface area contributed by atoms with Crippen molar-refractivity contribution < 1.29 is 24.2 Å². The van der Waals surface area contributed by atoms with Crippen molar-refractivity contribution in [2.75, 3.05) is 6.54 Å². The van der Waals surface area contributed by atoms with E-state index in [1.165, 1.54) is 11.3 Å². The number of hydrogen-bond donors (Lipinski definition) is 4. The molecule has 51 heavy (non-hydrogen) atoms. The summed E-state index contributed by atoms with van der Waals surface area (Å²) in [4.78, 5) is 51.5. The predicted molar refractivity (Wildman–Crippen MR) is 202 cm³/mol. The van der Waals surface area contributed by atoms with E-state index in [0.717, 1.165) is 26.7 Å². The summed E-state index contributed by atoms with van der Waals surface area (Å²) in [5.41, 5.74) is 4.38. The normalized spacial score (nSPS) is 13.6. The smallest absolute Gasteiger partial charge is 0.407 e. The van der Waals surface area contributed by atoms with Crippen LogP contribution in [0.1, 0.15) is 73.7 Å². The molecular weight excluding hydrogens is 685 g/mol. The van der Waals surface area contributed by atoms with Gasteiger partial charge in [-0.3, -0.25) is 9.78 Å². The highest BCUT2D eigenvalue weighted by atomic mass is 32.1. The number of aromatic nitrogens is 2. The maximum atomic E-state index is 14.0. The number of ether oxygens (including phenoxy) is 1. The minimum atomic E-state index is -1.06. The lowest BCUT2D eigenvalue weighted by Gasteiger charge is -2.31. The molecule has 2 heterocycles. The van der Waals surface area contributed by atoms with Crippen LogP contribution in [0.15, 0.2) is 77.8 Å². The van der Waals surface area contributed by atoms with E-state index in [1.54, 1.807) is 27.9 Å². The lowest BCUT2D eigenvalue weighted by molar-refractivity contribution is -0.125. The predicted octanol–water partition coefficient (Wildman–Crippen LogP) is 6.30. The summed E-state index contributed by atoms with van der Waals surface area (Å²) in [6.45, 7) is 10.7. The third kappa shape index (κ3) is 12.7. The molecular formula is C38H50N6O5S2. The fourth-order valence-electron chi connectivity index (χ4n) is 5.57. The maximum absolute atomic E-state index is 14.0. The zero-order chi connectivity index (χ0) is 36.8. The fraction of sp³-hybridized carbons (Fsp3) is 0.447. The number of benzene rings is 2. The summed E-state index contributed by atoms with van der Waals surface area (Å²) < 4.78 is 5.45. The molecule has 274 valence electrons. The van der Waals surface area contributed by atoms with Crippen LogP contribution in [-0.4, -0.2) is 68.8 Å². The molecule has 0 aliphatic rings. The summed E-state index contributed by atoms with van der Waals surface area (Å²) in [6.07, 6.45) is 0.895. The molecule has 4 amide bonds. The average molecular weight is 735 g/mol. The van der Waals surface area contributed by atoms with Crippen LogP contribution in [0.2, 0.25) is 0 Å². The molecule has 2 aromatic carbocycles. The number of alkyl carbamates (subject to hydrolysis) is 1. The van der Waals surface area contributed by atoms with Crippen molar-refractivity contribution in [1.29, 1.82) is 0 Å². The Morgan fingerprint density at radius 1 is 0.902 bits per heavy atom. The van der Waals surface area contributed by atoms with Gasteiger partial charge in [0.15, 0.2) is 0 Å². The summed E-state index contributed by atoms with van der Waals surface area (Å²) >= 11 is 2.97. The fourth-order valence-corrected chi connectivity index (χ4v) is 6.90. The molecule has 0 bridgehead atoms. The molecule has 0 aliphatic heterocycles. The van der Waals surface area contributed by atoms with Gasteiger partial charge in [0, 0.05) is 30.1 Å². The highest BCUT2D eigenvalue weighted by molar-refractivity contribution is 7.09. The molecule has 4 atom stereocenters. The van der Waals surface area contributed by atoms with Gasteiger partial charge in [-0.2, -0.15) is 0 Å². The second kappa shape index (κ2) is 19.9. The van der Waals surface area contributed by atoms with Crippen molar-refractivity contribution in [3.8, 4) is 0 Å². The number of aliphatic hydroxyl groups is 1. The molecule has 4 N–H and O–H groups in total. The van der Waals surface area contributed by atoms with Crippen LogP contribution in [0.4, 0.5) is 9.59 Å². The van der Waals surface area contributed by atoms with E-state index >= 15 is 0 Å². The van der Waals surface area contributed by atoms with Crippen molar-refractivity contribution in [2.45, 2.75) is 97.2 Å². The molecule has 13 heteroatoms. The van der Waals surface area contributed by atoms with Crippen LogP contribution in [0.5, 0.6) is 0 Å². The van der Waals surface area contributed by atoms with Crippen molar-refractivity contribution in [1.82, 2.24) is 30.8 Å². The third-order valence-corrected chi connectivity index (χ3v) is 10.4. The molecule has 0 radical (unpaired) electrons. The minimum absolute atomic E-state index is 0.0876. The van der Waals surface area contributed by atoms with Gasteiger partial charge in [-0.25, -0.2) is 14.6 Å². The second-order valence-electron chi connectivity index (χ2n) is 13.2. The van der Waals surface area contributed by atoms with Crippen molar-refractivity contribution in [3.05, 3.63) is 104 Å². The highest BCUT2D eigenvalue weighted by Gasteiger charge is 2.32. The number of thiazole rings is 2. The molecule has 4 rings (SSSR count). The Hall–Kier alpha value is -4.33. The second-order valence-corrected chi connectivity index (χ2v) is 15.1. The highest BCUT2D eigenvalue weighted by Crippen LogP contribution is 2.20. The van der Waals surface area contributed by atoms with E-state index in [9.17, 15) is 19.5 Å². The Morgan fingerprint density at radius 2 is 1.57 bits per heavy atom. The Labute approximate surface area is 308 Å². The average Bonchev–Trinajstić information content (AvgIpc) is 3.82. The summed E-state index contributed by atoms with van der Waals surface area (Å²) in [5.74, 6) is -0.343. The third-order valence-electron chi connectivity index (χ3n) is 8.41. The Balaban J connectivity index is 1.48. The lowest BCUT2D eigenvalue weighted by atomic mass is 9.93. The Morgan fingerprint density at radius 3 is 2.14 bits per heavy atom. The van der Waals surface area contributed by atoms with Gasteiger partial charge >= 0.3 is 12.1 Å². The van der Waals surface area contributed by atoms with E-state index in [1.807, 2.05) is 86.8 Å². The van der Waals surface area contributed by atoms with Gasteiger partial charge in [0.25, 0.3) is 0 Å². The molecule has 4 aromatic rings. The number of hydrogen-bond acceptors (Lipinski definition) is 9. The first-order valence-electron chi connectivity index (χ1n) is 17.4. The quantitative estimate of drug-likeness (QED) is 0.0940. The molecule has 0 aliphatic carbocycles. The summed E-state index contributed by atoms with van der Waals surface area (Å²) in [7, 11) is 0. The van der Waals surface area contributed by atoms with E-state index in [4.69, 9.17) is 4.74 Å². The monoisotopic (exact) mass is 734 g/mol. The van der Waals surface area contributed by atoms with Gasteiger partial charge in [-0.1, -0.05) is 88.4 Å². The Kier molecular flexibility index (Phi) is 15.4. The van der Waals surface area contributed by atoms with Crippen LogP contribution in [-0.2, 0) is 35.5 Å². The minimum Gasteiger partial charge on any atom is -0.444 e. The number of nitrogens with one attached hydrogen (secondary N) is 3. The zero-order valence-electron chi connectivity index (χ0n) is 30.0. The SMILES string of the molecule is CCN(Cc1csc(C(C)C)n1)C(=O)N[C@H](C(=O)N[C@@H](Cc1ccccc1)[C@@H](O)C[C@H](Cc1ccccc1)NC(=O)OCc1cncs1)C(C)C. The van der Waals surface area contributed by atoms with Gasteiger partial charge in [-0.05, 0) is 43.2 Å². The molecule has 0 saturated carbocycles. The van der Waals surface area contributed by atoms with Crippen LogP contribution >= 0.6 is 22.7 Å². The molecule has 0 unspecified atom stereocenters. The number of nitrogens with zero attached hydrogens (tertiary/aromatic N) is 3. The molecule has 0 fully saturated rings. The van der Waals surface area contributed by atoms with E-state index in [-0.39, 0.29) is 25.0 Å². The number of amides is 4. The van der Waals surface area contributed by atoms with Crippen molar-refractivity contribution >= 4 is 40.7 Å². The molecule has 11 nitrogen and oxygen atoms in total. The number of aliphatic hydroxyl groups excluding tert-OH is 1. The van der Waals surface area contributed by atoms with Gasteiger partial charge in [-0.15, -0.1) is 22.7 Å². The number of urea groups is 1. The maximum Gasteiger partial charge on any atom is 0.407 e. The topological polar surface area (TPSA) is 146 Å². The van der Waals surface area contributed by atoms with Gasteiger partial charge < -0.3 is 30.7 Å². The van der Waals surface area contributed by atoms with Gasteiger partial charge in [0.1, 0.15) is 12.6 Å². The number of rotatable bonds is 18. The zero-order valence-corrected chi connectivity index (χ0v) is 31.6. The van der Waals surface area contributed by atoms with Crippen LogP contribution in [0.3, 0.4) is 0 Å². The van der Waals surface area contributed by atoms with Crippen molar-refractivity contribution in [2.24, 2.45) is 5.92 Å². The first-order chi connectivity index (χ1) is 24.5. The Bertz CT molecular complexity index is 1630. The van der Waals surface area contributed by atoms with Crippen molar-refractivity contribution in [3.63, 3.8) is 0 Å². The number of carbonyl (C=O) groups excluding carboxylic acids is 3. The van der Waals surface area contributed by atoms with Crippen LogP contribution in [0, 0.1) is 5.92 Å². The van der Waals surface area contributed by atoms with Crippen LogP contribution < -0.4 is 16.0 Å². The molecule has 2 aromatic heterocycles. The van der Waals surface area contributed by atoms with E-state index in [2.05, 4.69) is 39.8 Å². The van der Waals surface area contributed by atoms with Gasteiger partial charge in [0.2, 0.25) is 5.91 Å². The first kappa shape index (κ1) is 39.5. The standard InChI is InChI=1S/C38H50N6O5S2/c1-6-44(21-30-23-50-36(40-30)26(4)5)37(47)43-34(25(2)3)35(46)42-32(18-28-15-11-8-12-16-28)33(45)19-29(17-27-13-9-7-10-14-27)41-38(48)49-22-31-20-39-24-51-31/h7-16,20,23-26,29,32-34,45H,6,17-19,21-22H2,1-5H3,(H,41,48)(H,42,46)(H,43,47)/t29-,32-,33-,34-/m0/s1. The summed E-state index contributed by atoms with van der Waals surface area (Å²) in [6, 6.07) is 16.8.